The summed E-state index contributed by atoms with van der Waals surface area (Å²) in [5.41, 5.74) is 0.950. The van der Waals surface area contributed by atoms with Crippen LogP contribution in [-0.2, 0) is 6.42 Å². The molecule has 0 amide bonds. The summed E-state index contributed by atoms with van der Waals surface area (Å²) in [7, 11) is 0. The Balaban J connectivity index is 2.15. The van der Waals surface area contributed by atoms with Gasteiger partial charge in [0.15, 0.2) is 0 Å². The molecule has 0 spiro atoms. The summed E-state index contributed by atoms with van der Waals surface area (Å²) in [6.07, 6.45) is 1.82. The molecule has 0 aliphatic rings. The minimum atomic E-state index is -0.241. The van der Waals surface area contributed by atoms with Gasteiger partial charge in [-0.2, -0.15) is 0 Å². The molecule has 3 nitrogen and oxygen atoms in total. The second-order valence-electron chi connectivity index (χ2n) is 2.64. The van der Waals surface area contributed by atoms with Crippen molar-refractivity contribution in [3.05, 3.63) is 47.9 Å². The predicted octanol–water partition coefficient (Wildman–Crippen LogP) is 1.80. The first kappa shape index (κ1) is 7.91. The first-order valence-electron chi connectivity index (χ1n) is 3.84. The molecule has 1 heterocycles. The van der Waals surface area contributed by atoms with E-state index in [0.717, 1.165) is 5.56 Å². The van der Waals surface area contributed by atoms with Crippen LogP contribution >= 0.6 is 0 Å². The SMILES string of the molecule is Fc1ccc(Cc2nnco2)cc1. The van der Waals surface area contributed by atoms with E-state index in [2.05, 4.69) is 10.2 Å². The zero-order valence-corrected chi connectivity index (χ0v) is 6.77. The van der Waals surface area contributed by atoms with E-state index >= 15 is 0 Å². The zero-order chi connectivity index (χ0) is 9.10. The first-order valence-corrected chi connectivity index (χ1v) is 3.84. The van der Waals surface area contributed by atoms with Gasteiger partial charge in [-0.05, 0) is 17.7 Å². The van der Waals surface area contributed by atoms with Gasteiger partial charge in [-0.25, -0.2) is 4.39 Å². The molecule has 0 N–H and O–H groups in total. The number of benzene rings is 1. The van der Waals surface area contributed by atoms with Crippen LogP contribution in [0.25, 0.3) is 0 Å². The Bertz CT molecular complexity index is 369. The number of hydrogen-bond acceptors (Lipinski definition) is 3. The van der Waals surface area contributed by atoms with Crippen molar-refractivity contribution in [1.82, 2.24) is 10.2 Å². The minimum Gasteiger partial charge on any atom is -0.428 e. The maximum absolute atomic E-state index is 12.5. The lowest BCUT2D eigenvalue weighted by Crippen LogP contribution is -1.88. The molecule has 13 heavy (non-hydrogen) atoms. The standard InChI is InChI=1S/C9H7FN2O/c10-8-3-1-7(2-4-8)5-9-12-11-6-13-9/h1-4,6H,5H2. The van der Waals surface area contributed by atoms with Crippen LogP contribution in [0.2, 0.25) is 0 Å². The molecule has 66 valence electrons. The molecule has 0 unspecified atom stereocenters. The van der Waals surface area contributed by atoms with E-state index in [9.17, 15) is 4.39 Å². The van der Waals surface area contributed by atoms with Gasteiger partial charge in [0.25, 0.3) is 0 Å². The molecule has 0 bridgehead atoms. The third-order valence-corrected chi connectivity index (χ3v) is 1.67. The number of halogens is 1. The van der Waals surface area contributed by atoms with Crippen molar-refractivity contribution in [2.75, 3.05) is 0 Å². The van der Waals surface area contributed by atoms with Crippen molar-refractivity contribution in [3.8, 4) is 0 Å². The van der Waals surface area contributed by atoms with Crippen LogP contribution in [-0.4, -0.2) is 10.2 Å². The van der Waals surface area contributed by atoms with Gasteiger partial charge in [0.2, 0.25) is 12.3 Å². The Morgan fingerprint density at radius 3 is 2.62 bits per heavy atom. The number of nitrogens with zero attached hydrogens (tertiary/aromatic N) is 2. The fourth-order valence-electron chi connectivity index (χ4n) is 1.05. The molecule has 0 fully saturated rings. The van der Waals surface area contributed by atoms with Gasteiger partial charge in [-0.3, -0.25) is 0 Å². The lowest BCUT2D eigenvalue weighted by atomic mass is 10.1. The first-order chi connectivity index (χ1) is 6.34. The Labute approximate surface area is 74.2 Å². The average molecular weight is 178 g/mol. The molecular weight excluding hydrogens is 171 g/mol. The third kappa shape index (κ3) is 1.90. The number of aromatic nitrogens is 2. The van der Waals surface area contributed by atoms with E-state index < -0.39 is 0 Å². The summed E-state index contributed by atoms with van der Waals surface area (Å²) in [5, 5.41) is 7.27. The number of hydrogen-bond donors (Lipinski definition) is 0. The van der Waals surface area contributed by atoms with Gasteiger partial charge in [0.1, 0.15) is 5.82 Å². The summed E-state index contributed by atoms with van der Waals surface area (Å²) in [4.78, 5) is 0. The molecule has 2 aromatic rings. The van der Waals surface area contributed by atoms with E-state index in [4.69, 9.17) is 4.42 Å². The molecule has 0 saturated heterocycles. The van der Waals surface area contributed by atoms with Crippen molar-refractivity contribution in [2.24, 2.45) is 0 Å². The van der Waals surface area contributed by atoms with Gasteiger partial charge in [-0.1, -0.05) is 12.1 Å². The van der Waals surface area contributed by atoms with E-state index in [-0.39, 0.29) is 5.82 Å². The Morgan fingerprint density at radius 2 is 2.00 bits per heavy atom. The predicted molar refractivity (Wildman–Crippen MR) is 43.5 cm³/mol. The van der Waals surface area contributed by atoms with Crippen LogP contribution in [0, 0.1) is 5.82 Å². The Hall–Kier alpha value is -1.71. The van der Waals surface area contributed by atoms with E-state index in [1.165, 1.54) is 18.5 Å². The zero-order valence-electron chi connectivity index (χ0n) is 6.77. The Kier molecular flexibility index (Phi) is 2.04. The second kappa shape index (κ2) is 3.35. The summed E-state index contributed by atoms with van der Waals surface area (Å²) < 4.78 is 17.5. The van der Waals surface area contributed by atoms with Crippen LogP contribution < -0.4 is 0 Å². The van der Waals surface area contributed by atoms with Crippen molar-refractivity contribution in [1.29, 1.82) is 0 Å². The van der Waals surface area contributed by atoms with Crippen LogP contribution in [0.5, 0.6) is 0 Å². The maximum atomic E-state index is 12.5. The van der Waals surface area contributed by atoms with Crippen LogP contribution in [0.4, 0.5) is 4.39 Å². The van der Waals surface area contributed by atoms with Gasteiger partial charge >= 0.3 is 0 Å². The molecule has 0 atom stereocenters. The van der Waals surface area contributed by atoms with Gasteiger partial charge in [0, 0.05) is 0 Å². The fraction of sp³-hybridized carbons (Fsp3) is 0.111. The fourth-order valence-corrected chi connectivity index (χ4v) is 1.05. The lowest BCUT2D eigenvalue weighted by molar-refractivity contribution is 0.504. The van der Waals surface area contributed by atoms with Crippen LogP contribution in [0.3, 0.4) is 0 Å². The second-order valence-corrected chi connectivity index (χ2v) is 2.64. The highest BCUT2D eigenvalue weighted by Gasteiger charge is 2.00. The molecule has 0 saturated carbocycles. The Morgan fingerprint density at radius 1 is 1.23 bits per heavy atom. The summed E-state index contributed by atoms with van der Waals surface area (Å²) in [6, 6.07) is 6.20. The monoisotopic (exact) mass is 178 g/mol. The maximum Gasteiger partial charge on any atom is 0.220 e. The molecule has 2 rings (SSSR count). The number of rotatable bonds is 2. The van der Waals surface area contributed by atoms with Crippen LogP contribution in [0.1, 0.15) is 11.5 Å². The molecule has 0 aliphatic heterocycles. The molecule has 0 aliphatic carbocycles. The van der Waals surface area contributed by atoms with Gasteiger partial charge in [0.05, 0.1) is 6.42 Å². The summed E-state index contributed by atoms with van der Waals surface area (Å²) in [6.45, 7) is 0. The molecule has 1 aromatic carbocycles. The normalized spacial score (nSPS) is 10.2. The average Bonchev–Trinajstić information content (AvgIpc) is 2.62. The summed E-state index contributed by atoms with van der Waals surface area (Å²) in [5.74, 6) is 0.292. The highest BCUT2D eigenvalue weighted by molar-refractivity contribution is 5.18. The molecule has 4 heteroatoms. The van der Waals surface area contributed by atoms with E-state index in [1.54, 1.807) is 12.1 Å². The van der Waals surface area contributed by atoms with Crippen molar-refractivity contribution >= 4 is 0 Å². The third-order valence-electron chi connectivity index (χ3n) is 1.67. The molecular formula is C9H7FN2O. The minimum absolute atomic E-state index is 0.241. The van der Waals surface area contributed by atoms with Gasteiger partial charge in [-0.15, -0.1) is 10.2 Å². The van der Waals surface area contributed by atoms with Gasteiger partial charge < -0.3 is 4.42 Å². The quantitative estimate of drug-likeness (QED) is 0.703. The van der Waals surface area contributed by atoms with E-state index in [1.807, 2.05) is 0 Å². The molecule has 0 radical (unpaired) electrons. The van der Waals surface area contributed by atoms with E-state index in [0.29, 0.717) is 12.3 Å². The highest BCUT2D eigenvalue weighted by atomic mass is 19.1. The van der Waals surface area contributed by atoms with Crippen molar-refractivity contribution < 1.29 is 8.81 Å². The van der Waals surface area contributed by atoms with Crippen LogP contribution in [0.15, 0.2) is 35.1 Å². The molecule has 1 aromatic heterocycles. The van der Waals surface area contributed by atoms with Crippen molar-refractivity contribution in [3.63, 3.8) is 0 Å². The largest absolute Gasteiger partial charge is 0.428 e. The van der Waals surface area contributed by atoms with Crippen molar-refractivity contribution in [2.45, 2.75) is 6.42 Å². The summed E-state index contributed by atoms with van der Waals surface area (Å²) >= 11 is 0. The topological polar surface area (TPSA) is 38.9 Å². The highest BCUT2D eigenvalue weighted by Crippen LogP contribution is 2.07. The lowest BCUT2D eigenvalue weighted by Gasteiger charge is -1.95. The smallest absolute Gasteiger partial charge is 0.220 e.